The number of halogens is 1. The molecule has 21 heavy (non-hydrogen) atoms. The maximum atomic E-state index is 11.1. The van der Waals surface area contributed by atoms with E-state index in [4.69, 9.17) is 4.74 Å². The van der Waals surface area contributed by atoms with Gasteiger partial charge < -0.3 is 4.74 Å². The maximum absolute atomic E-state index is 11.1. The van der Waals surface area contributed by atoms with Crippen LogP contribution in [0.4, 0.5) is 0 Å². The molecule has 3 nitrogen and oxygen atoms in total. The van der Waals surface area contributed by atoms with Crippen LogP contribution in [0.3, 0.4) is 0 Å². The maximum Gasteiger partial charge on any atom is 0.303 e. The Morgan fingerprint density at radius 2 is 1.76 bits per heavy atom. The van der Waals surface area contributed by atoms with Gasteiger partial charge in [0.25, 0.3) is 0 Å². The molecule has 0 aromatic heterocycles. The van der Waals surface area contributed by atoms with Gasteiger partial charge in [0, 0.05) is 31.0 Å². The molecule has 0 atom stereocenters. The Morgan fingerprint density at radius 1 is 1.24 bits per heavy atom. The van der Waals surface area contributed by atoms with Gasteiger partial charge in [-0.15, -0.1) is 0 Å². The van der Waals surface area contributed by atoms with Gasteiger partial charge >= 0.3 is 5.97 Å². The van der Waals surface area contributed by atoms with Crippen LogP contribution in [0.1, 0.15) is 46.1 Å². The number of carbonyl (C=O) groups excluding carboxylic acids is 1. The van der Waals surface area contributed by atoms with E-state index in [-0.39, 0.29) is 11.6 Å². The van der Waals surface area contributed by atoms with E-state index >= 15 is 0 Å². The summed E-state index contributed by atoms with van der Waals surface area (Å²) >= 11 is 3.45. The number of piperidine rings is 1. The van der Waals surface area contributed by atoms with Crippen LogP contribution in [0.5, 0.6) is 0 Å². The number of carbonyl (C=O) groups is 1. The van der Waals surface area contributed by atoms with Crippen LogP contribution < -0.4 is 0 Å². The first-order valence-electron chi connectivity index (χ1n) is 7.63. The van der Waals surface area contributed by atoms with Crippen LogP contribution in [0, 0.1) is 0 Å². The van der Waals surface area contributed by atoms with E-state index < -0.39 is 0 Å². The highest BCUT2D eigenvalue weighted by atomic mass is 79.9. The topological polar surface area (TPSA) is 29.5 Å². The van der Waals surface area contributed by atoms with Crippen molar-refractivity contribution in [2.45, 2.75) is 52.7 Å². The zero-order chi connectivity index (χ0) is 15.9. The molecule has 0 aliphatic carbocycles. The van der Waals surface area contributed by atoms with Gasteiger partial charge in [-0.1, -0.05) is 41.9 Å². The summed E-state index contributed by atoms with van der Waals surface area (Å²) < 4.78 is 6.53. The minimum atomic E-state index is -0.276. The van der Waals surface area contributed by atoms with Gasteiger partial charge in [0.1, 0.15) is 5.60 Å². The minimum absolute atomic E-state index is 0.177. The monoisotopic (exact) mass is 355 g/mol. The van der Waals surface area contributed by atoms with Crippen LogP contribution in [-0.2, 0) is 16.1 Å². The van der Waals surface area contributed by atoms with Crippen molar-refractivity contribution in [3.63, 3.8) is 0 Å². The summed E-state index contributed by atoms with van der Waals surface area (Å²) in [6.07, 6.45) is 1.81. The van der Waals surface area contributed by atoms with Crippen LogP contribution in [0.15, 0.2) is 28.7 Å². The molecule has 0 amide bonds. The molecular weight excluding hydrogens is 330 g/mol. The zero-order valence-corrected chi connectivity index (χ0v) is 15.1. The Morgan fingerprint density at radius 3 is 2.24 bits per heavy atom. The first-order valence-corrected chi connectivity index (χ1v) is 8.43. The molecule has 0 N–H and O–H groups in total. The number of esters is 1. The second-order valence-electron chi connectivity index (χ2n) is 5.45. The van der Waals surface area contributed by atoms with Crippen molar-refractivity contribution in [3.8, 4) is 0 Å². The number of nitrogens with zero attached hydrogens (tertiary/aromatic N) is 1. The zero-order valence-electron chi connectivity index (χ0n) is 13.5. The Hall–Kier alpha value is -0.870. The van der Waals surface area contributed by atoms with Crippen molar-refractivity contribution in [1.82, 2.24) is 4.90 Å². The molecular formula is C17H26BrNO2. The summed E-state index contributed by atoms with van der Waals surface area (Å²) in [7, 11) is 0. The van der Waals surface area contributed by atoms with E-state index in [1.54, 1.807) is 0 Å². The van der Waals surface area contributed by atoms with Gasteiger partial charge in [-0.25, -0.2) is 0 Å². The molecule has 0 bridgehead atoms. The standard InChI is InChI=1S/C15H20BrNO2.C2H6/c1-12(18)19-15(2)7-9-17(10-8-15)11-13-3-5-14(16)6-4-13;1-2/h3-6H,7-11H2,1-2H3;1-2H3. The summed E-state index contributed by atoms with van der Waals surface area (Å²) in [4.78, 5) is 13.5. The van der Waals surface area contributed by atoms with Gasteiger partial charge in [0.15, 0.2) is 0 Å². The first kappa shape index (κ1) is 18.2. The summed E-state index contributed by atoms with van der Waals surface area (Å²) in [6.45, 7) is 10.4. The number of hydrogen-bond acceptors (Lipinski definition) is 3. The molecule has 1 fully saturated rings. The lowest BCUT2D eigenvalue weighted by Gasteiger charge is -2.38. The normalized spacial score (nSPS) is 17.6. The van der Waals surface area contributed by atoms with E-state index in [1.807, 2.05) is 20.8 Å². The molecule has 0 unspecified atom stereocenters. The molecule has 2 rings (SSSR count). The molecule has 1 heterocycles. The molecule has 1 aliphatic heterocycles. The SMILES string of the molecule is CC.CC(=O)OC1(C)CCN(Cc2ccc(Br)cc2)CC1. The highest BCUT2D eigenvalue weighted by Gasteiger charge is 2.32. The molecule has 1 aliphatic rings. The lowest BCUT2D eigenvalue weighted by molar-refractivity contribution is -0.159. The molecule has 1 saturated heterocycles. The molecule has 4 heteroatoms. The largest absolute Gasteiger partial charge is 0.459 e. The fourth-order valence-corrected chi connectivity index (χ4v) is 2.75. The quantitative estimate of drug-likeness (QED) is 0.752. The third kappa shape index (κ3) is 6.18. The van der Waals surface area contributed by atoms with E-state index in [0.29, 0.717) is 0 Å². The summed E-state index contributed by atoms with van der Waals surface area (Å²) in [5, 5.41) is 0. The second-order valence-corrected chi connectivity index (χ2v) is 6.36. The van der Waals surface area contributed by atoms with Crippen LogP contribution >= 0.6 is 15.9 Å². The van der Waals surface area contributed by atoms with Gasteiger partial charge in [-0.3, -0.25) is 9.69 Å². The van der Waals surface area contributed by atoms with E-state index in [9.17, 15) is 4.79 Å². The van der Waals surface area contributed by atoms with Crippen molar-refractivity contribution < 1.29 is 9.53 Å². The molecule has 118 valence electrons. The van der Waals surface area contributed by atoms with E-state index in [0.717, 1.165) is 36.9 Å². The van der Waals surface area contributed by atoms with E-state index in [1.165, 1.54) is 12.5 Å². The average molecular weight is 356 g/mol. The van der Waals surface area contributed by atoms with Crippen molar-refractivity contribution in [2.75, 3.05) is 13.1 Å². The van der Waals surface area contributed by atoms with Crippen molar-refractivity contribution in [3.05, 3.63) is 34.3 Å². The Bertz CT molecular complexity index is 437. The molecule has 0 saturated carbocycles. The van der Waals surface area contributed by atoms with Gasteiger partial charge in [0.2, 0.25) is 0 Å². The number of ether oxygens (including phenoxy) is 1. The number of hydrogen-bond donors (Lipinski definition) is 0. The second kappa shape index (κ2) is 8.54. The Balaban J connectivity index is 0.00000106. The van der Waals surface area contributed by atoms with Gasteiger partial charge in [-0.05, 0) is 37.5 Å². The predicted octanol–water partition coefficient (Wildman–Crippen LogP) is 4.39. The highest BCUT2D eigenvalue weighted by molar-refractivity contribution is 9.10. The van der Waals surface area contributed by atoms with E-state index in [2.05, 4.69) is 45.1 Å². The fraction of sp³-hybridized carbons (Fsp3) is 0.588. The Kier molecular flexibility index (Phi) is 7.40. The number of likely N-dealkylation sites (tertiary alicyclic amines) is 1. The molecule has 0 spiro atoms. The molecule has 1 aromatic carbocycles. The lowest BCUT2D eigenvalue weighted by Crippen LogP contribution is -2.44. The van der Waals surface area contributed by atoms with Crippen molar-refractivity contribution in [1.29, 1.82) is 0 Å². The Labute approximate surface area is 136 Å². The summed E-state index contributed by atoms with van der Waals surface area (Å²) in [6, 6.07) is 8.43. The van der Waals surface area contributed by atoms with Crippen molar-refractivity contribution >= 4 is 21.9 Å². The first-order chi connectivity index (χ1) is 9.97. The predicted molar refractivity (Wildman–Crippen MR) is 90.2 cm³/mol. The third-order valence-corrected chi connectivity index (χ3v) is 4.15. The van der Waals surface area contributed by atoms with Gasteiger partial charge in [-0.2, -0.15) is 0 Å². The van der Waals surface area contributed by atoms with Crippen LogP contribution in [-0.4, -0.2) is 29.6 Å². The van der Waals surface area contributed by atoms with Crippen molar-refractivity contribution in [2.24, 2.45) is 0 Å². The number of rotatable bonds is 3. The minimum Gasteiger partial charge on any atom is -0.459 e. The molecule has 0 radical (unpaired) electrons. The smallest absolute Gasteiger partial charge is 0.303 e. The average Bonchev–Trinajstić information content (AvgIpc) is 2.45. The van der Waals surface area contributed by atoms with Crippen LogP contribution in [0.25, 0.3) is 0 Å². The summed E-state index contributed by atoms with van der Waals surface area (Å²) in [5.74, 6) is -0.177. The fourth-order valence-electron chi connectivity index (χ4n) is 2.48. The van der Waals surface area contributed by atoms with Gasteiger partial charge in [0.05, 0.1) is 0 Å². The highest BCUT2D eigenvalue weighted by Crippen LogP contribution is 2.27. The molecule has 1 aromatic rings. The lowest BCUT2D eigenvalue weighted by atomic mass is 9.93. The third-order valence-electron chi connectivity index (χ3n) is 3.62. The van der Waals surface area contributed by atoms with Crippen LogP contribution in [0.2, 0.25) is 0 Å². The summed E-state index contributed by atoms with van der Waals surface area (Å²) in [5.41, 5.74) is 1.04. The number of benzene rings is 1.